The van der Waals surface area contributed by atoms with Crippen molar-refractivity contribution < 1.29 is 0 Å². The van der Waals surface area contributed by atoms with Crippen molar-refractivity contribution >= 4 is 29.2 Å². The summed E-state index contributed by atoms with van der Waals surface area (Å²) in [6.45, 7) is 4.26. The lowest BCUT2D eigenvalue weighted by atomic mass is 10.1. The van der Waals surface area contributed by atoms with Crippen molar-refractivity contribution in [2.45, 2.75) is 26.3 Å². The molecule has 0 aliphatic carbocycles. The summed E-state index contributed by atoms with van der Waals surface area (Å²) in [7, 11) is 0. The quantitative estimate of drug-likeness (QED) is 0.431. The maximum atomic E-state index is 4.88. The molecule has 1 aromatic carbocycles. The highest BCUT2D eigenvalue weighted by Crippen LogP contribution is 2.32. The smallest absolute Gasteiger partial charge is 0.128 e. The predicted molar refractivity (Wildman–Crippen MR) is 88.9 cm³/mol. The third-order valence-electron chi connectivity index (χ3n) is 2.74. The molecule has 0 radical (unpaired) electrons. The molecule has 18 heavy (non-hydrogen) atoms. The van der Waals surface area contributed by atoms with Gasteiger partial charge < -0.3 is 0 Å². The monoisotopic (exact) mass is 280 g/mol. The molecule has 0 saturated carbocycles. The summed E-state index contributed by atoms with van der Waals surface area (Å²) < 4.78 is 0. The van der Waals surface area contributed by atoms with Crippen LogP contribution in [0, 0.1) is 0 Å². The zero-order chi connectivity index (χ0) is 13.4. The number of nitrogens with zero attached hydrogens (tertiary/aromatic N) is 1. The van der Waals surface area contributed by atoms with Crippen LogP contribution in [-0.2, 0) is 11.8 Å². The van der Waals surface area contributed by atoms with E-state index < -0.39 is 0 Å². The van der Waals surface area contributed by atoms with Crippen molar-refractivity contribution in [3.63, 3.8) is 0 Å². The molecule has 0 aliphatic heterocycles. The van der Waals surface area contributed by atoms with E-state index in [0.717, 1.165) is 6.42 Å². The van der Waals surface area contributed by atoms with Crippen molar-refractivity contribution in [3.8, 4) is 0 Å². The summed E-state index contributed by atoms with van der Waals surface area (Å²) in [4.78, 5) is 6.21. The molecule has 0 bridgehead atoms. The fourth-order valence-corrected chi connectivity index (χ4v) is 3.16. The average molecular weight is 280 g/mol. The zero-order valence-corrected chi connectivity index (χ0v) is 13.3. The van der Waals surface area contributed by atoms with E-state index in [1.807, 2.05) is 0 Å². The Morgan fingerprint density at radius 2 is 2.06 bits per heavy atom. The van der Waals surface area contributed by atoms with E-state index in [2.05, 4.69) is 62.1 Å². The number of rotatable bonds is 6. The van der Waals surface area contributed by atoms with Crippen LogP contribution in [-0.4, -0.2) is 18.2 Å². The third kappa shape index (κ3) is 4.54. The van der Waals surface area contributed by atoms with Gasteiger partial charge >= 0.3 is 0 Å². The van der Waals surface area contributed by atoms with E-state index in [0.29, 0.717) is 0 Å². The summed E-state index contributed by atoms with van der Waals surface area (Å²) >= 11 is 3.08. The highest BCUT2D eigenvalue weighted by atomic mass is 32.2. The Bertz CT molecular complexity index is 410. The van der Waals surface area contributed by atoms with E-state index >= 15 is 0 Å². The normalized spacial score (nSPS) is 14.7. The molecule has 0 aromatic heterocycles. The first-order valence-corrected chi connectivity index (χ1v) is 8.77. The summed E-state index contributed by atoms with van der Waals surface area (Å²) in [6.07, 6.45) is 5.28. The maximum Gasteiger partial charge on any atom is 0.128 e. The summed E-state index contributed by atoms with van der Waals surface area (Å²) in [5, 5.41) is 2.26. The molecule has 0 fully saturated rings. The molecule has 0 amide bonds. The Morgan fingerprint density at radius 3 is 2.56 bits per heavy atom. The molecular weight excluding hydrogens is 258 g/mol. The van der Waals surface area contributed by atoms with E-state index in [1.165, 1.54) is 27.9 Å². The van der Waals surface area contributed by atoms with Gasteiger partial charge in [-0.25, -0.2) is 0 Å². The van der Waals surface area contributed by atoms with Crippen molar-refractivity contribution in [2.24, 2.45) is 4.99 Å². The van der Waals surface area contributed by atoms with Crippen LogP contribution in [0.3, 0.4) is 0 Å². The molecule has 0 N–H and O–H groups in total. The zero-order valence-electron chi connectivity index (χ0n) is 11.6. The standard InChI is InChI=1S/C15H21NS2/c1-5-12(2)16-15(14(18-4)11-17-3)13-9-7-6-8-10-13/h6-11,15H,5H2,1-4H3/p+1/b14-11-,16-12?. The van der Waals surface area contributed by atoms with Crippen LogP contribution in [0.5, 0.6) is 0 Å². The van der Waals surface area contributed by atoms with Gasteiger partial charge in [0, 0.05) is 5.71 Å². The molecule has 0 heterocycles. The number of hydrogen-bond acceptors (Lipinski definition) is 2. The fourth-order valence-electron chi connectivity index (χ4n) is 1.61. The molecule has 98 valence electrons. The predicted octanol–water partition coefficient (Wildman–Crippen LogP) is 4.25. The van der Waals surface area contributed by atoms with Gasteiger partial charge in [0.25, 0.3) is 0 Å². The molecule has 0 spiro atoms. The molecular formula is C15H22NS2+. The lowest BCUT2D eigenvalue weighted by Gasteiger charge is -2.15. The number of aliphatic imine (C=N–C) groups is 1. The van der Waals surface area contributed by atoms with Gasteiger partial charge in [0.15, 0.2) is 0 Å². The SMILES string of the molecule is CCC(C)=NC(/C(=C/[SH+]C)SC)c1ccccc1. The fraction of sp³-hybridized carbons (Fsp3) is 0.400. The maximum absolute atomic E-state index is 4.88. The van der Waals surface area contributed by atoms with Gasteiger partial charge in [-0.2, -0.15) is 0 Å². The van der Waals surface area contributed by atoms with Crippen molar-refractivity contribution in [2.75, 3.05) is 12.5 Å². The second-order valence-electron chi connectivity index (χ2n) is 4.02. The molecule has 1 aromatic rings. The van der Waals surface area contributed by atoms with E-state index in [9.17, 15) is 0 Å². The third-order valence-corrected chi connectivity index (χ3v) is 4.26. The Labute approximate surface area is 119 Å². The number of thiol groups is 1. The lowest BCUT2D eigenvalue weighted by Crippen LogP contribution is -2.01. The van der Waals surface area contributed by atoms with Gasteiger partial charge in [-0.1, -0.05) is 37.3 Å². The van der Waals surface area contributed by atoms with Gasteiger partial charge in [0.05, 0.1) is 4.91 Å². The molecule has 1 rings (SSSR count). The molecule has 3 heteroatoms. The minimum atomic E-state index is 0.161. The Kier molecular flexibility index (Phi) is 7.21. The van der Waals surface area contributed by atoms with Gasteiger partial charge in [0.2, 0.25) is 0 Å². The first-order chi connectivity index (χ1) is 8.72. The summed E-state index contributed by atoms with van der Waals surface area (Å²) in [6, 6.07) is 10.7. The molecule has 1 atom stereocenters. The molecule has 1 unspecified atom stereocenters. The van der Waals surface area contributed by atoms with Crippen LogP contribution in [0.2, 0.25) is 0 Å². The number of thioether (sulfide) groups is 1. The van der Waals surface area contributed by atoms with E-state index in [-0.39, 0.29) is 6.04 Å². The van der Waals surface area contributed by atoms with Crippen molar-refractivity contribution in [1.82, 2.24) is 0 Å². The lowest BCUT2D eigenvalue weighted by molar-refractivity contribution is 0.890. The Hall–Kier alpha value is -0.670. The highest BCUT2D eigenvalue weighted by Gasteiger charge is 2.16. The van der Waals surface area contributed by atoms with E-state index in [4.69, 9.17) is 4.99 Å². The topological polar surface area (TPSA) is 12.4 Å². The molecule has 0 saturated heterocycles. The van der Waals surface area contributed by atoms with Crippen LogP contribution in [0.25, 0.3) is 0 Å². The van der Waals surface area contributed by atoms with Crippen molar-refractivity contribution in [3.05, 3.63) is 46.2 Å². The second-order valence-corrected chi connectivity index (χ2v) is 5.68. The molecule has 1 nitrogen and oxygen atoms in total. The highest BCUT2D eigenvalue weighted by molar-refractivity contribution is 8.03. The van der Waals surface area contributed by atoms with Crippen LogP contribution in [0.4, 0.5) is 0 Å². The van der Waals surface area contributed by atoms with Gasteiger partial charge in [0.1, 0.15) is 17.7 Å². The average Bonchev–Trinajstić information content (AvgIpc) is 2.43. The van der Waals surface area contributed by atoms with Crippen molar-refractivity contribution in [1.29, 1.82) is 0 Å². The van der Waals surface area contributed by atoms with Crippen LogP contribution >= 0.6 is 11.8 Å². The Balaban J connectivity index is 3.14. The first-order valence-electron chi connectivity index (χ1n) is 6.14. The summed E-state index contributed by atoms with van der Waals surface area (Å²) in [5.74, 6) is 0. The summed E-state index contributed by atoms with van der Waals surface area (Å²) in [5.41, 5.74) is 2.48. The minimum absolute atomic E-state index is 0.161. The molecule has 0 aliphatic rings. The number of hydrogen-bond donors (Lipinski definition) is 0. The van der Waals surface area contributed by atoms with Gasteiger partial charge in [-0.05, 0) is 36.9 Å². The van der Waals surface area contributed by atoms with Crippen LogP contribution in [0.15, 0.2) is 45.6 Å². The van der Waals surface area contributed by atoms with Crippen LogP contribution < -0.4 is 0 Å². The largest absolute Gasteiger partial charge is 0.281 e. The number of benzene rings is 1. The van der Waals surface area contributed by atoms with Gasteiger partial charge in [-0.15, -0.1) is 11.8 Å². The van der Waals surface area contributed by atoms with Crippen LogP contribution in [0.1, 0.15) is 31.9 Å². The van der Waals surface area contributed by atoms with E-state index in [1.54, 1.807) is 11.8 Å². The first kappa shape index (κ1) is 15.4. The minimum Gasteiger partial charge on any atom is -0.281 e. The second kappa shape index (κ2) is 8.44. The Morgan fingerprint density at radius 1 is 1.39 bits per heavy atom. The van der Waals surface area contributed by atoms with Gasteiger partial charge in [-0.3, -0.25) is 4.99 Å².